The van der Waals surface area contributed by atoms with Crippen LogP contribution in [0.15, 0.2) is 95.7 Å². The fourth-order valence-corrected chi connectivity index (χ4v) is 6.06. The number of nitrogens with zero attached hydrogens (tertiary/aromatic N) is 2. The zero-order valence-electron chi connectivity index (χ0n) is 18.6. The van der Waals surface area contributed by atoms with Crippen molar-refractivity contribution < 1.29 is 18.8 Å². The van der Waals surface area contributed by atoms with Gasteiger partial charge >= 0.3 is 0 Å². The van der Waals surface area contributed by atoms with Crippen molar-refractivity contribution in [2.75, 3.05) is 4.90 Å². The van der Waals surface area contributed by atoms with Crippen molar-refractivity contribution in [2.24, 2.45) is 11.8 Å². The Morgan fingerprint density at radius 3 is 2.43 bits per heavy atom. The van der Waals surface area contributed by atoms with Gasteiger partial charge < -0.3 is 9.32 Å². The molecule has 4 aromatic rings. The van der Waals surface area contributed by atoms with Crippen LogP contribution in [0.2, 0.25) is 0 Å². The monoisotopic (exact) mass is 460 g/mol. The molecule has 4 atom stereocenters. The minimum absolute atomic E-state index is 0.186. The molecule has 3 aliphatic rings. The second-order valence-corrected chi connectivity index (χ2v) is 9.18. The highest BCUT2D eigenvalue weighted by Gasteiger charge is 2.65. The number of fused-ring (bicyclic) bond motifs is 6. The predicted octanol–water partition coefficient (Wildman–Crippen LogP) is 4.83. The first-order valence-corrected chi connectivity index (χ1v) is 11.6. The summed E-state index contributed by atoms with van der Waals surface area (Å²) in [5.74, 6) is -2.23. The standard InChI is InChI=1S/C29H20N2O4/c32-27(22-13-6-16-35-22)26-24-23(25-20-11-4-2-8-18(20)14-15-30(25)26)28(33)31(29(24)34)21-12-5-9-17-7-1-3-10-19(17)21/h1-16,23-26H/t23-,24+,25+,26-/m0/s1. The number of hydrogen-bond donors (Lipinski definition) is 0. The molecule has 0 radical (unpaired) electrons. The lowest BCUT2D eigenvalue weighted by atomic mass is 9.84. The number of furan rings is 1. The van der Waals surface area contributed by atoms with Gasteiger partial charge in [-0.15, -0.1) is 0 Å². The number of imide groups is 1. The quantitative estimate of drug-likeness (QED) is 0.324. The molecule has 0 bridgehead atoms. The summed E-state index contributed by atoms with van der Waals surface area (Å²) in [7, 11) is 0. The van der Waals surface area contributed by atoms with E-state index < -0.39 is 23.9 Å². The van der Waals surface area contributed by atoms with E-state index in [9.17, 15) is 14.4 Å². The first-order chi connectivity index (χ1) is 17.1. The average Bonchev–Trinajstić information content (AvgIpc) is 3.60. The van der Waals surface area contributed by atoms with Crippen molar-refractivity contribution in [2.45, 2.75) is 12.1 Å². The fourth-order valence-electron chi connectivity index (χ4n) is 6.06. The molecule has 3 aliphatic heterocycles. The highest BCUT2D eigenvalue weighted by molar-refractivity contribution is 6.27. The predicted molar refractivity (Wildman–Crippen MR) is 130 cm³/mol. The number of carbonyl (C=O) groups is 3. The molecule has 0 N–H and O–H groups in total. The molecule has 2 amide bonds. The summed E-state index contributed by atoms with van der Waals surface area (Å²) in [4.78, 5) is 45.0. The Labute approximate surface area is 201 Å². The first-order valence-electron chi connectivity index (χ1n) is 11.6. The summed E-state index contributed by atoms with van der Waals surface area (Å²) < 4.78 is 5.43. The van der Waals surface area contributed by atoms with E-state index in [4.69, 9.17) is 4.42 Å². The summed E-state index contributed by atoms with van der Waals surface area (Å²) in [5.41, 5.74) is 2.49. The van der Waals surface area contributed by atoms with Gasteiger partial charge in [0.15, 0.2) is 5.76 Å². The van der Waals surface area contributed by atoms with Gasteiger partial charge in [-0.1, -0.05) is 60.7 Å². The van der Waals surface area contributed by atoms with Crippen LogP contribution in [0, 0.1) is 11.8 Å². The van der Waals surface area contributed by atoms with Gasteiger partial charge in [-0.25, -0.2) is 4.90 Å². The minimum Gasteiger partial charge on any atom is -0.461 e. The molecular formula is C29H20N2O4. The SMILES string of the molecule is O=C(c1ccco1)[C@@H]1[C@@H]2C(=O)N(c3cccc4ccccc34)C(=O)[C@@H]2[C@H]2c3ccccc3C=CN12. The molecule has 2 fully saturated rings. The maximum absolute atomic E-state index is 14.1. The summed E-state index contributed by atoms with van der Waals surface area (Å²) in [6.07, 6.45) is 5.23. The van der Waals surface area contributed by atoms with Crippen molar-refractivity contribution in [1.29, 1.82) is 0 Å². The summed E-state index contributed by atoms with van der Waals surface area (Å²) in [6.45, 7) is 0. The fraction of sp³-hybridized carbons (Fsp3) is 0.138. The van der Waals surface area contributed by atoms with Gasteiger partial charge in [0.05, 0.1) is 29.8 Å². The van der Waals surface area contributed by atoms with E-state index in [2.05, 4.69) is 0 Å². The van der Waals surface area contributed by atoms with Gasteiger partial charge in [-0.3, -0.25) is 14.4 Å². The van der Waals surface area contributed by atoms with Crippen LogP contribution in [-0.4, -0.2) is 28.5 Å². The van der Waals surface area contributed by atoms with E-state index in [-0.39, 0.29) is 23.4 Å². The van der Waals surface area contributed by atoms with E-state index >= 15 is 0 Å². The first kappa shape index (κ1) is 20.0. The van der Waals surface area contributed by atoms with Gasteiger partial charge in [0, 0.05) is 11.6 Å². The molecule has 1 aromatic heterocycles. The number of hydrogen-bond acceptors (Lipinski definition) is 5. The van der Waals surface area contributed by atoms with Crippen LogP contribution in [0.5, 0.6) is 0 Å². The molecule has 3 aromatic carbocycles. The normalized spacial score (nSPS) is 24.6. The van der Waals surface area contributed by atoms with E-state index in [1.54, 1.807) is 18.2 Å². The van der Waals surface area contributed by atoms with Crippen LogP contribution in [0.25, 0.3) is 16.8 Å². The number of carbonyl (C=O) groups excluding carboxylic acids is 3. The van der Waals surface area contributed by atoms with Gasteiger partial charge in [-0.2, -0.15) is 0 Å². The van der Waals surface area contributed by atoms with Gasteiger partial charge in [0.2, 0.25) is 17.6 Å². The second kappa shape index (κ2) is 7.27. The lowest BCUT2D eigenvalue weighted by Gasteiger charge is -2.35. The van der Waals surface area contributed by atoms with E-state index in [1.807, 2.05) is 77.8 Å². The molecule has 2 saturated heterocycles. The van der Waals surface area contributed by atoms with E-state index in [0.29, 0.717) is 5.69 Å². The lowest BCUT2D eigenvalue weighted by Crippen LogP contribution is -2.44. The maximum atomic E-state index is 14.1. The molecule has 35 heavy (non-hydrogen) atoms. The summed E-state index contributed by atoms with van der Waals surface area (Å²) in [5, 5.41) is 1.77. The zero-order valence-corrected chi connectivity index (χ0v) is 18.6. The minimum atomic E-state index is -0.836. The Kier molecular flexibility index (Phi) is 4.15. The van der Waals surface area contributed by atoms with Crippen molar-refractivity contribution in [3.05, 3.63) is 108 Å². The molecule has 0 unspecified atom stereocenters. The molecular weight excluding hydrogens is 440 g/mol. The van der Waals surface area contributed by atoms with Crippen LogP contribution in [-0.2, 0) is 9.59 Å². The third kappa shape index (κ3) is 2.68. The van der Waals surface area contributed by atoms with Crippen LogP contribution in [0.4, 0.5) is 5.69 Å². The Balaban J connectivity index is 1.41. The third-order valence-electron chi connectivity index (χ3n) is 7.50. The molecule has 6 heteroatoms. The number of benzene rings is 3. The molecule has 0 spiro atoms. The van der Waals surface area contributed by atoms with Crippen molar-refractivity contribution in [1.82, 2.24) is 4.90 Å². The average molecular weight is 460 g/mol. The number of ketones is 1. The molecule has 4 heterocycles. The second-order valence-electron chi connectivity index (χ2n) is 9.18. The van der Waals surface area contributed by atoms with Crippen molar-refractivity contribution >= 4 is 40.1 Å². The van der Waals surface area contributed by atoms with E-state index in [0.717, 1.165) is 21.9 Å². The number of Topliss-reactive ketones (excluding diaryl/α,β-unsaturated/α-hetero) is 1. The lowest BCUT2D eigenvalue weighted by molar-refractivity contribution is -0.123. The van der Waals surface area contributed by atoms with Crippen LogP contribution in [0.3, 0.4) is 0 Å². The largest absolute Gasteiger partial charge is 0.461 e. The van der Waals surface area contributed by atoms with Crippen LogP contribution in [0.1, 0.15) is 27.7 Å². The smallest absolute Gasteiger partial charge is 0.240 e. The number of anilines is 1. The summed E-state index contributed by atoms with van der Waals surface area (Å²) in [6, 6.07) is 23.1. The molecule has 7 rings (SSSR count). The Hall–Kier alpha value is -4.45. The van der Waals surface area contributed by atoms with Gasteiger partial charge in [0.1, 0.15) is 6.04 Å². The Morgan fingerprint density at radius 2 is 1.57 bits per heavy atom. The topological polar surface area (TPSA) is 70.8 Å². The number of rotatable bonds is 3. The van der Waals surface area contributed by atoms with Gasteiger partial charge in [-0.05, 0) is 40.8 Å². The van der Waals surface area contributed by atoms with Crippen molar-refractivity contribution in [3.8, 4) is 0 Å². The number of amides is 2. The maximum Gasteiger partial charge on any atom is 0.240 e. The molecule has 0 saturated carbocycles. The highest BCUT2D eigenvalue weighted by atomic mass is 16.3. The molecule has 170 valence electrons. The molecule has 0 aliphatic carbocycles. The summed E-state index contributed by atoms with van der Waals surface area (Å²) >= 11 is 0. The van der Waals surface area contributed by atoms with E-state index in [1.165, 1.54) is 11.2 Å². The Bertz CT molecular complexity index is 1550. The Morgan fingerprint density at radius 1 is 0.800 bits per heavy atom. The van der Waals surface area contributed by atoms with Crippen molar-refractivity contribution in [3.63, 3.8) is 0 Å². The zero-order chi connectivity index (χ0) is 23.7. The van der Waals surface area contributed by atoms with Gasteiger partial charge in [0.25, 0.3) is 0 Å². The highest BCUT2D eigenvalue weighted by Crippen LogP contribution is 2.54. The third-order valence-corrected chi connectivity index (χ3v) is 7.50. The molecule has 6 nitrogen and oxygen atoms in total. The van der Waals surface area contributed by atoms with Crippen LogP contribution < -0.4 is 4.90 Å². The van der Waals surface area contributed by atoms with Crippen LogP contribution >= 0.6 is 0 Å².